The Morgan fingerprint density at radius 1 is 1.36 bits per heavy atom. The lowest BCUT2D eigenvalue weighted by Crippen LogP contribution is -2.53. The molecule has 25 heavy (non-hydrogen) atoms. The van der Waals surface area contributed by atoms with Crippen LogP contribution in [0.4, 0.5) is 0 Å². The van der Waals surface area contributed by atoms with Crippen LogP contribution >= 0.6 is 24.0 Å². The highest BCUT2D eigenvalue weighted by molar-refractivity contribution is 14.0. The summed E-state index contributed by atoms with van der Waals surface area (Å²) in [6, 6.07) is 3.70. The quantitative estimate of drug-likeness (QED) is 0.199. The summed E-state index contributed by atoms with van der Waals surface area (Å²) in [5.41, 5.74) is -0.614. The van der Waals surface area contributed by atoms with Crippen LogP contribution in [0.25, 0.3) is 0 Å². The maximum atomic E-state index is 11.3. The van der Waals surface area contributed by atoms with Crippen LogP contribution in [0, 0.1) is 0 Å². The summed E-state index contributed by atoms with van der Waals surface area (Å²) in [6.45, 7) is 5.78. The SMILES string of the molecule is CN=C(NCCCOCc1ccco1)NCC(C)(C)NS(C)(=O)=O.I. The predicted molar refractivity (Wildman–Crippen MR) is 110 cm³/mol. The molecule has 0 fully saturated rings. The highest BCUT2D eigenvalue weighted by atomic mass is 127. The molecule has 0 atom stereocenters. The molecule has 0 radical (unpaired) electrons. The van der Waals surface area contributed by atoms with Crippen LogP contribution in [-0.4, -0.2) is 52.9 Å². The Morgan fingerprint density at radius 3 is 2.64 bits per heavy atom. The van der Waals surface area contributed by atoms with Gasteiger partial charge >= 0.3 is 0 Å². The first kappa shape index (κ1) is 24.1. The molecule has 0 aliphatic carbocycles. The normalized spacial score (nSPS) is 12.6. The average molecular weight is 488 g/mol. The number of nitrogens with one attached hydrogen (secondary N) is 3. The third-order valence-electron chi connectivity index (χ3n) is 2.97. The first-order chi connectivity index (χ1) is 11.2. The van der Waals surface area contributed by atoms with E-state index in [4.69, 9.17) is 9.15 Å². The van der Waals surface area contributed by atoms with Crippen molar-refractivity contribution in [2.75, 3.05) is 33.0 Å². The van der Waals surface area contributed by atoms with Crippen LogP contribution in [0.1, 0.15) is 26.0 Å². The second-order valence-corrected chi connectivity index (χ2v) is 7.84. The van der Waals surface area contributed by atoms with E-state index in [2.05, 4.69) is 20.3 Å². The Kier molecular flexibility index (Phi) is 11.3. The minimum atomic E-state index is -3.26. The molecule has 1 aromatic heterocycles. The van der Waals surface area contributed by atoms with Crippen molar-refractivity contribution in [3.05, 3.63) is 24.2 Å². The number of halogens is 1. The third-order valence-corrected chi connectivity index (χ3v) is 3.89. The minimum absolute atomic E-state index is 0. The van der Waals surface area contributed by atoms with Gasteiger partial charge in [-0.15, -0.1) is 24.0 Å². The molecule has 8 nitrogen and oxygen atoms in total. The van der Waals surface area contributed by atoms with Crippen molar-refractivity contribution in [2.24, 2.45) is 4.99 Å². The largest absolute Gasteiger partial charge is 0.467 e. The molecule has 0 aliphatic rings. The van der Waals surface area contributed by atoms with Gasteiger partial charge in [0, 0.05) is 32.3 Å². The van der Waals surface area contributed by atoms with E-state index in [1.54, 1.807) is 27.2 Å². The van der Waals surface area contributed by atoms with Gasteiger partial charge in [-0.25, -0.2) is 13.1 Å². The number of aliphatic imine (C=N–C) groups is 1. The van der Waals surface area contributed by atoms with E-state index in [0.29, 0.717) is 32.3 Å². The Labute approximate surface area is 167 Å². The Bertz CT molecular complexity index is 603. The maximum absolute atomic E-state index is 11.3. The number of rotatable bonds is 10. The lowest BCUT2D eigenvalue weighted by Gasteiger charge is -2.26. The fourth-order valence-electron chi connectivity index (χ4n) is 2.01. The molecule has 1 aromatic rings. The summed E-state index contributed by atoms with van der Waals surface area (Å²) in [5.74, 6) is 1.42. The third kappa shape index (κ3) is 12.2. The molecule has 0 unspecified atom stereocenters. The van der Waals surface area contributed by atoms with Crippen LogP contribution in [-0.2, 0) is 21.4 Å². The molecular formula is C15H29IN4O4S. The molecule has 1 heterocycles. The van der Waals surface area contributed by atoms with Gasteiger partial charge in [-0.1, -0.05) is 0 Å². The highest BCUT2D eigenvalue weighted by Gasteiger charge is 2.22. The molecule has 0 saturated carbocycles. The number of furan rings is 1. The van der Waals surface area contributed by atoms with E-state index >= 15 is 0 Å². The zero-order valence-electron chi connectivity index (χ0n) is 15.2. The van der Waals surface area contributed by atoms with Gasteiger partial charge in [0.2, 0.25) is 10.0 Å². The van der Waals surface area contributed by atoms with Crippen LogP contribution in [0.5, 0.6) is 0 Å². The van der Waals surface area contributed by atoms with Crippen molar-refractivity contribution in [3.63, 3.8) is 0 Å². The lowest BCUT2D eigenvalue weighted by molar-refractivity contribution is 0.105. The number of nitrogens with zero attached hydrogens (tertiary/aromatic N) is 1. The predicted octanol–water partition coefficient (Wildman–Crippen LogP) is 1.30. The molecule has 3 N–H and O–H groups in total. The standard InChI is InChI=1S/C15H28N4O4S.HI/c1-15(2,19-24(4,20)21)12-18-14(16-3)17-8-6-9-22-11-13-7-5-10-23-13;/h5,7,10,19H,6,8-9,11-12H2,1-4H3,(H2,16,17,18);1H. The molecule has 0 aliphatic heterocycles. The van der Waals surface area contributed by atoms with Crippen molar-refractivity contribution >= 4 is 40.0 Å². The second-order valence-electron chi connectivity index (χ2n) is 6.10. The molecular weight excluding hydrogens is 459 g/mol. The summed E-state index contributed by atoms with van der Waals surface area (Å²) >= 11 is 0. The highest BCUT2D eigenvalue weighted by Crippen LogP contribution is 2.02. The fourth-order valence-corrected chi connectivity index (χ4v) is 3.09. The molecule has 0 aromatic carbocycles. The smallest absolute Gasteiger partial charge is 0.209 e. The van der Waals surface area contributed by atoms with Crippen LogP contribution in [0.3, 0.4) is 0 Å². The summed E-state index contributed by atoms with van der Waals surface area (Å²) in [6.07, 6.45) is 3.58. The van der Waals surface area contributed by atoms with E-state index in [-0.39, 0.29) is 24.0 Å². The van der Waals surface area contributed by atoms with Gasteiger partial charge in [-0.05, 0) is 32.4 Å². The number of hydrogen-bond acceptors (Lipinski definition) is 5. The first-order valence-corrected chi connectivity index (χ1v) is 9.64. The van der Waals surface area contributed by atoms with E-state index < -0.39 is 15.6 Å². The number of guanidine groups is 1. The Balaban J connectivity index is 0.00000576. The monoisotopic (exact) mass is 488 g/mol. The number of hydrogen-bond donors (Lipinski definition) is 3. The van der Waals surface area contributed by atoms with Crippen LogP contribution in [0.2, 0.25) is 0 Å². The van der Waals surface area contributed by atoms with Crippen molar-refractivity contribution in [3.8, 4) is 0 Å². The molecule has 0 spiro atoms. The van der Waals surface area contributed by atoms with E-state index in [0.717, 1.165) is 18.4 Å². The van der Waals surface area contributed by atoms with E-state index in [1.807, 2.05) is 12.1 Å². The molecule has 0 bridgehead atoms. The number of ether oxygens (including phenoxy) is 1. The van der Waals surface area contributed by atoms with E-state index in [9.17, 15) is 8.42 Å². The average Bonchev–Trinajstić information content (AvgIpc) is 2.96. The number of sulfonamides is 1. The van der Waals surface area contributed by atoms with Crippen molar-refractivity contribution in [1.29, 1.82) is 0 Å². The summed E-state index contributed by atoms with van der Waals surface area (Å²) in [4.78, 5) is 4.11. The second kappa shape index (κ2) is 11.7. The van der Waals surface area contributed by atoms with Crippen LogP contribution in [0.15, 0.2) is 27.8 Å². The van der Waals surface area contributed by atoms with Gasteiger partial charge in [-0.3, -0.25) is 4.99 Å². The molecule has 1 rings (SSSR count). The van der Waals surface area contributed by atoms with Crippen LogP contribution < -0.4 is 15.4 Å². The summed E-state index contributed by atoms with van der Waals surface area (Å²) in [5, 5.41) is 6.26. The zero-order chi connectivity index (χ0) is 18.1. The van der Waals surface area contributed by atoms with Gasteiger partial charge in [0.05, 0.1) is 12.5 Å². The molecule has 0 saturated heterocycles. The first-order valence-electron chi connectivity index (χ1n) is 7.75. The summed E-state index contributed by atoms with van der Waals surface area (Å²) < 4.78 is 35.9. The van der Waals surface area contributed by atoms with Gasteiger partial charge in [-0.2, -0.15) is 0 Å². The lowest BCUT2D eigenvalue weighted by atomic mass is 10.1. The van der Waals surface area contributed by atoms with Gasteiger partial charge in [0.25, 0.3) is 0 Å². The minimum Gasteiger partial charge on any atom is -0.467 e. The molecule has 146 valence electrons. The maximum Gasteiger partial charge on any atom is 0.209 e. The fraction of sp³-hybridized carbons (Fsp3) is 0.667. The Hall–Kier alpha value is -0.850. The van der Waals surface area contributed by atoms with Crippen molar-refractivity contribution in [1.82, 2.24) is 15.4 Å². The van der Waals surface area contributed by atoms with Gasteiger partial charge < -0.3 is 19.8 Å². The molecule has 0 amide bonds. The zero-order valence-corrected chi connectivity index (χ0v) is 18.3. The van der Waals surface area contributed by atoms with E-state index in [1.165, 1.54) is 0 Å². The van der Waals surface area contributed by atoms with Crippen molar-refractivity contribution < 1.29 is 17.6 Å². The molecule has 10 heteroatoms. The van der Waals surface area contributed by atoms with Crippen molar-refractivity contribution in [2.45, 2.75) is 32.4 Å². The summed E-state index contributed by atoms with van der Waals surface area (Å²) in [7, 11) is -1.59. The Morgan fingerprint density at radius 2 is 2.08 bits per heavy atom. The van der Waals surface area contributed by atoms with Gasteiger partial charge in [0.1, 0.15) is 12.4 Å². The van der Waals surface area contributed by atoms with Gasteiger partial charge in [0.15, 0.2) is 5.96 Å². The topological polar surface area (TPSA) is 105 Å².